The third-order valence-electron chi connectivity index (χ3n) is 3.96. The van der Waals surface area contributed by atoms with Crippen molar-refractivity contribution in [2.45, 2.75) is 19.1 Å². The summed E-state index contributed by atoms with van der Waals surface area (Å²) in [5.41, 5.74) is 0.829. The molecule has 0 aliphatic carbocycles. The highest BCUT2D eigenvalue weighted by Crippen LogP contribution is 2.16. The third-order valence-corrected chi connectivity index (χ3v) is 3.96. The maximum Gasteiger partial charge on any atom is 0.317 e. The summed E-state index contributed by atoms with van der Waals surface area (Å²) in [7, 11) is 4.95. The van der Waals surface area contributed by atoms with Gasteiger partial charge in [-0.1, -0.05) is 30.3 Å². The Morgan fingerprint density at radius 1 is 1.12 bits per heavy atom. The summed E-state index contributed by atoms with van der Waals surface area (Å²) in [5, 5.41) is 12.9. The van der Waals surface area contributed by atoms with E-state index in [9.17, 15) is 14.7 Å². The number of hydrogen-bond donors (Lipinski definition) is 2. The van der Waals surface area contributed by atoms with Crippen LogP contribution in [-0.4, -0.2) is 54.5 Å². The van der Waals surface area contributed by atoms with Gasteiger partial charge in [-0.25, -0.2) is 4.79 Å². The van der Waals surface area contributed by atoms with Gasteiger partial charge in [-0.15, -0.1) is 0 Å². The first kappa shape index (κ1) is 19.5. The first-order valence-electron chi connectivity index (χ1n) is 8.41. The number of hydrogen-bond acceptors (Lipinski definition) is 4. The van der Waals surface area contributed by atoms with E-state index < -0.39 is 6.10 Å². The number of carbonyl (C=O) groups excluding carboxylic acids is 2. The number of rotatable bonds is 7. The van der Waals surface area contributed by atoms with E-state index in [1.807, 2.05) is 30.3 Å². The van der Waals surface area contributed by atoms with Crippen molar-refractivity contribution >= 4 is 11.9 Å². The number of furan rings is 1. The zero-order valence-corrected chi connectivity index (χ0v) is 15.3. The minimum Gasteiger partial charge on any atom is -0.454 e. The SMILES string of the molecule is CN(C)C(=O)c1ccc(CNC(=O)N(C)CC[C@H](O)c2ccccc2)o1. The molecule has 3 amide bonds. The van der Waals surface area contributed by atoms with E-state index in [0.717, 1.165) is 5.56 Å². The molecule has 2 N–H and O–H groups in total. The van der Waals surface area contributed by atoms with E-state index in [1.165, 1.54) is 9.80 Å². The zero-order valence-electron chi connectivity index (χ0n) is 15.3. The molecule has 0 unspecified atom stereocenters. The lowest BCUT2D eigenvalue weighted by atomic mass is 10.1. The van der Waals surface area contributed by atoms with E-state index in [-0.39, 0.29) is 24.2 Å². The Hall–Kier alpha value is -2.80. The Kier molecular flexibility index (Phi) is 6.80. The predicted molar refractivity (Wildman–Crippen MR) is 97.6 cm³/mol. The normalized spacial score (nSPS) is 11.7. The number of amides is 3. The second-order valence-electron chi connectivity index (χ2n) is 6.26. The molecule has 0 spiro atoms. The van der Waals surface area contributed by atoms with Crippen molar-refractivity contribution in [2.24, 2.45) is 0 Å². The summed E-state index contributed by atoms with van der Waals surface area (Å²) in [6.45, 7) is 0.593. The fourth-order valence-electron chi connectivity index (χ4n) is 2.37. The van der Waals surface area contributed by atoms with Crippen LogP contribution in [0.2, 0.25) is 0 Å². The number of carbonyl (C=O) groups is 2. The van der Waals surface area contributed by atoms with Gasteiger partial charge in [-0.3, -0.25) is 4.79 Å². The summed E-state index contributed by atoms with van der Waals surface area (Å²) < 4.78 is 5.43. The van der Waals surface area contributed by atoms with Crippen LogP contribution >= 0.6 is 0 Å². The van der Waals surface area contributed by atoms with Crippen molar-refractivity contribution in [1.82, 2.24) is 15.1 Å². The highest BCUT2D eigenvalue weighted by Gasteiger charge is 2.15. The van der Waals surface area contributed by atoms with Crippen LogP contribution in [0.1, 0.15) is 34.4 Å². The number of aliphatic hydroxyl groups excluding tert-OH is 1. The Bertz CT molecular complexity index is 727. The quantitative estimate of drug-likeness (QED) is 0.794. The monoisotopic (exact) mass is 359 g/mol. The lowest BCUT2D eigenvalue weighted by Gasteiger charge is -2.19. The molecule has 0 bridgehead atoms. The van der Waals surface area contributed by atoms with Crippen LogP contribution in [0.4, 0.5) is 4.79 Å². The van der Waals surface area contributed by atoms with E-state index in [0.29, 0.717) is 18.7 Å². The maximum absolute atomic E-state index is 12.1. The molecule has 1 heterocycles. The van der Waals surface area contributed by atoms with Crippen LogP contribution in [0, 0.1) is 0 Å². The van der Waals surface area contributed by atoms with E-state index in [1.54, 1.807) is 33.3 Å². The van der Waals surface area contributed by atoms with Crippen molar-refractivity contribution in [1.29, 1.82) is 0 Å². The number of aliphatic hydroxyl groups is 1. The molecule has 140 valence electrons. The first-order valence-corrected chi connectivity index (χ1v) is 8.41. The number of urea groups is 1. The molecular weight excluding hydrogens is 334 g/mol. The molecule has 2 aromatic rings. The van der Waals surface area contributed by atoms with Crippen molar-refractivity contribution in [3.63, 3.8) is 0 Å². The van der Waals surface area contributed by atoms with Crippen LogP contribution < -0.4 is 5.32 Å². The summed E-state index contributed by atoms with van der Waals surface area (Å²) in [4.78, 5) is 26.8. The van der Waals surface area contributed by atoms with Crippen molar-refractivity contribution < 1.29 is 19.1 Å². The van der Waals surface area contributed by atoms with Crippen LogP contribution in [0.15, 0.2) is 46.9 Å². The second-order valence-corrected chi connectivity index (χ2v) is 6.26. The summed E-state index contributed by atoms with van der Waals surface area (Å²) >= 11 is 0. The van der Waals surface area contributed by atoms with Gasteiger partial charge >= 0.3 is 6.03 Å². The Morgan fingerprint density at radius 3 is 2.46 bits per heavy atom. The zero-order chi connectivity index (χ0) is 19.1. The summed E-state index contributed by atoms with van der Waals surface area (Å²) in [6.07, 6.45) is -0.174. The smallest absolute Gasteiger partial charge is 0.317 e. The molecule has 0 saturated heterocycles. The second kappa shape index (κ2) is 9.05. The number of nitrogens with one attached hydrogen (secondary N) is 1. The molecule has 7 nitrogen and oxygen atoms in total. The fourth-order valence-corrected chi connectivity index (χ4v) is 2.37. The topological polar surface area (TPSA) is 86.0 Å². The van der Waals surface area contributed by atoms with Gasteiger partial charge in [0, 0.05) is 27.7 Å². The number of nitrogens with zero attached hydrogens (tertiary/aromatic N) is 2. The Morgan fingerprint density at radius 2 is 1.81 bits per heavy atom. The van der Waals surface area contributed by atoms with E-state index >= 15 is 0 Å². The average Bonchev–Trinajstić information content (AvgIpc) is 3.12. The molecule has 0 fully saturated rings. The Labute approximate surface area is 153 Å². The van der Waals surface area contributed by atoms with Gasteiger partial charge in [0.15, 0.2) is 5.76 Å². The van der Waals surface area contributed by atoms with Crippen molar-refractivity contribution in [2.75, 3.05) is 27.7 Å². The maximum atomic E-state index is 12.1. The van der Waals surface area contributed by atoms with Crippen LogP contribution in [-0.2, 0) is 6.54 Å². The lowest BCUT2D eigenvalue weighted by molar-refractivity contribution is 0.0794. The van der Waals surface area contributed by atoms with Gasteiger partial charge in [0.05, 0.1) is 12.6 Å². The van der Waals surface area contributed by atoms with Crippen LogP contribution in [0.3, 0.4) is 0 Å². The number of benzene rings is 1. The van der Waals surface area contributed by atoms with Gasteiger partial charge in [0.25, 0.3) is 5.91 Å². The standard InChI is InChI=1S/C19H25N3O4/c1-21(2)18(24)17-10-9-15(26-17)13-20-19(25)22(3)12-11-16(23)14-7-5-4-6-8-14/h4-10,16,23H,11-13H2,1-3H3,(H,20,25)/t16-/m0/s1. The van der Waals surface area contributed by atoms with Gasteiger partial charge in [0.1, 0.15) is 5.76 Å². The minimum atomic E-state index is -0.615. The van der Waals surface area contributed by atoms with E-state index in [2.05, 4.69) is 5.32 Å². The average molecular weight is 359 g/mol. The van der Waals surface area contributed by atoms with Gasteiger partial charge in [-0.2, -0.15) is 0 Å². The Balaban J connectivity index is 1.78. The van der Waals surface area contributed by atoms with Crippen molar-refractivity contribution in [3.8, 4) is 0 Å². The molecule has 1 atom stereocenters. The molecule has 0 aliphatic heterocycles. The van der Waals surface area contributed by atoms with Crippen LogP contribution in [0.25, 0.3) is 0 Å². The molecule has 0 radical (unpaired) electrons. The van der Waals surface area contributed by atoms with E-state index in [4.69, 9.17) is 4.42 Å². The van der Waals surface area contributed by atoms with Crippen LogP contribution in [0.5, 0.6) is 0 Å². The lowest BCUT2D eigenvalue weighted by Crippen LogP contribution is -2.37. The summed E-state index contributed by atoms with van der Waals surface area (Å²) in [6, 6.07) is 12.3. The molecule has 0 saturated carbocycles. The fraction of sp³-hybridized carbons (Fsp3) is 0.368. The first-order chi connectivity index (χ1) is 12.4. The van der Waals surface area contributed by atoms with Gasteiger partial charge in [-0.05, 0) is 24.1 Å². The molecule has 0 aliphatic rings. The third kappa shape index (κ3) is 5.35. The summed E-state index contributed by atoms with van der Waals surface area (Å²) in [5.74, 6) is 0.509. The molecular formula is C19H25N3O4. The minimum absolute atomic E-state index is 0.186. The largest absolute Gasteiger partial charge is 0.454 e. The molecule has 1 aromatic heterocycles. The molecule has 7 heteroatoms. The molecule has 2 rings (SSSR count). The molecule has 1 aromatic carbocycles. The van der Waals surface area contributed by atoms with Crippen molar-refractivity contribution in [3.05, 3.63) is 59.5 Å². The molecule has 26 heavy (non-hydrogen) atoms. The van der Waals surface area contributed by atoms with Gasteiger partial charge < -0.3 is 24.6 Å². The predicted octanol–water partition coefficient (Wildman–Crippen LogP) is 2.25. The van der Waals surface area contributed by atoms with Gasteiger partial charge in [0.2, 0.25) is 0 Å². The highest BCUT2D eigenvalue weighted by atomic mass is 16.4. The highest BCUT2D eigenvalue weighted by molar-refractivity contribution is 5.91.